The minimum absolute atomic E-state index is 0.0860. The fraction of sp³-hybridized carbons (Fsp3) is 0.429. The van der Waals surface area contributed by atoms with E-state index in [0.29, 0.717) is 18.2 Å². The zero-order valence-electron chi connectivity index (χ0n) is 21.5. The first kappa shape index (κ1) is 24.2. The van der Waals surface area contributed by atoms with Gasteiger partial charge in [0.15, 0.2) is 11.5 Å². The lowest BCUT2D eigenvalue weighted by Crippen LogP contribution is -2.43. The number of amides is 1. The fourth-order valence-corrected chi connectivity index (χ4v) is 5.32. The van der Waals surface area contributed by atoms with Crippen LogP contribution in [0, 0.1) is 13.8 Å². The molecule has 0 unspecified atom stereocenters. The number of fused-ring (bicyclic) bond motifs is 1. The minimum atomic E-state index is -0.0860. The summed E-state index contributed by atoms with van der Waals surface area (Å²) in [6.45, 7) is 9.13. The van der Waals surface area contributed by atoms with Crippen LogP contribution >= 0.6 is 0 Å². The maximum absolute atomic E-state index is 12.7. The number of benzene rings is 2. The molecule has 0 saturated carbocycles. The predicted octanol–water partition coefficient (Wildman–Crippen LogP) is 4.02. The molecule has 2 aliphatic rings. The van der Waals surface area contributed by atoms with E-state index in [-0.39, 0.29) is 18.7 Å². The van der Waals surface area contributed by atoms with Gasteiger partial charge in [-0.25, -0.2) is 0 Å². The third-order valence-electron chi connectivity index (χ3n) is 7.36. The van der Waals surface area contributed by atoms with Gasteiger partial charge in [-0.3, -0.25) is 9.48 Å². The summed E-state index contributed by atoms with van der Waals surface area (Å²) in [6.07, 6.45) is 2.17. The molecule has 3 aromatic rings. The summed E-state index contributed by atoms with van der Waals surface area (Å²) in [6, 6.07) is 14.4. The van der Waals surface area contributed by atoms with Gasteiger partial charge in [0.25, 0.3) is 5.91 Å². The van der Waals surface area contributed by atoms with Crippen LogP contribution in [0.4, 0.5) is 5.69 Å². The van der Waals surface area contributed by atoms with Crippen LogP contribution in [0.2, 0.25) is 0 Å². The summed E-state index contributed by atoms with van der Waals surface area (Å²) in [5.41, 5.74) is 6.44. The molecule has 1 atom stereocenters. The van der Waals surface area contributed by atoms with E-state index in [4.69, 9.17) is 9.47 Å². The second-order valence-corrected chi connectivity index (χ2v) is 9.77. The number of nitrogens with one attached hydrogen (secondary N) is 2. The first-order valence-corrected chi connectivity index (χ1v) is 12.7. The number of carbonyl (C=O) groups is 1. The number of piperidine rings is 1. The molecule has 36 heavy (non-hydrogen) atoms. The third kappa shape index (κ3) is 5.04. The summed E-state index contributed by atoms with van der Waals surface area (Å²) in [4.78, 5) is 15.1. The number of hydrogen-bond donors (Lipinski definition) is 2. The largest absolute Gasteiger partial charge is 0.454 e. The number of ether oxygens (including phenoxy) is 2. The Morgan fingerprint density at radius 2 is 1.81 bits per heavy atom. The molecule has 8 nitrogen and oxygen atoms in total. The van der Waals surface area contributed by atoms with E-state index < -0.39 is 0 Å². The van der Waals surface area contributed by atoms with Gasteiger partial charge in [-0.2, -0.15) is 5.10 Å². The molecule has 1 aromatic heterocycles. The molecule has 0 bridgehead atoms. The smallest absolute Gasteiger partial charge is 0.251 e. The molecule has 5 rings (SSSR count). The average molecular weight is 490 g/mol. The Hall–Kier alpha value is -3.52. The Morgan fingerprint density at radius 3 is 2.50 bits per heavy atom. The van der Waals surface area contributed by atoms with Gasteiger partial charge in [0.05, 0.1) is 5.69 Å². The van der Waals surface area contributed by atoms with Gasteiger partial charge in [0.2, 0.25) is 6.79 Å². The highest BCUT2D eigenvalue weighted by Gasteiger charge is 2.24. The van der Waals surface area contributed by atoms with Crippen LogP contribution in [0.5, 0.6) is 11.5 Å². The Bertz CT molecular complexity index is 1230. The van der Waals surface area contributed by atoms with Crippen LogP contribution in [-0.4, -0.2) is 41.6 Å². The topological polar surface area (TPSA) is 80.7 Å². The van der Waals surface area contributed by atoms with Crippen LogP contribution in [-0.2, 0) is 13.6 Å². The maximum Gasteiger partial charge on any atom is 0.251 e. The highest BCUT2D eigenvalue weighted by Crippen LogP contribution is 2.32. The number of rotatable bonds is 7. The van der Waals surface area contributed by atoms with Gasteiger partial charge in [-0.15, -0.1) is 0 Å². The standard InChI is InChI=1S/C28H35N5O3/c1-18(27-19(2)31-32(4)20(27)3)30-23-11-13-33(14-12-23)24-8-6-22(7-9-24)28(34)29-16-21-5-10-25-26(15-21)36-17-35-25/h5-10,15,18,23,30H,11-14,16-17H2,1-4H3,(H,29,34)/t18-/m1/s1. The second kappa shape index (κ2) is 10.2. The molecule has 1 amide bonds. The lowest BCUT2D eigenvalue weighted by atomic mass is 10.00. The van der Waals surface area contributed by atoms with Crippen molar-refractivity contribution in [2.75, 3.05) is 24.8 Å². The first-order chi connectivity index (χ1) is 17.4. The van der Waals surface area contributed by atoms with Crippen molar-refractivity contribution in [1.82, 2.24) is 20.4 Å². The van der Waals surface area contributed by atoms with Crippen molar-refractivity contribution in [3.05, 3.63) is 70.5 Å². The van der Waals surface area contributed by atoms with Crippen molar-refractivity contribution < 1.29 is 14.3 Å². The van der Waals surface area contributed by atoms with Crippen molar-refractivity contribution in [2.45, 2.75) is 52.2 Å². The Balaban J connectivity index is 1.11. The summed E-state index contributed by atoms with van der Waals surface area (Å²) in [5, 5.41) is 11.4. The zero-order valence-corrected chi connectivity index (χ0v) is 21.5. The van der Waals surface area contributed by atoms with Crippen LogP contribution in [0.3, 0.4) is 0 Å². The summed E-state index contributed by atoms with van der Waals surface area (Å²) < 4.78 is 12.7. The van der Waals surface area contributed by atoms with Crippen molar-refractivity contribution in [1.29, 1.82) is 0 Å². The third-order valence-corrected chi connectivity index (χ3v) is 7.36. The van der Waals surface area contributed by atoms with Crippen LogP contribution in [0.1, 0.15) is 58.7 Å². The highest BCUT2D eigenvalue weighted by atomic mass is 16.7. The van der Waals surface area contributed by atoms with Crippen molar-refractivity contribution >= 4 is 11.6 Å². The number of anilines is 1. The first-order valence-electron chi connectivity index (χ1n) is 12.7. The Morgan fingerprint density at radius 1 is 1.08 bits per heavy atom. The van der Waals surface area contributed by atoms with E-state index in [1.54, 1.807) is 0 Å². The molecular formula is C28H35N5O3. The molecule has 1 fully saturated rings. The number of aryl methyl sites for hydroxylation is 2. The molecule has 0 aliphatic carbocycles. The predicted molar refractivity (Wildman–Crippen MR) is 140 cm³/mol. The van der Waals surface area contributed by atoms with E-state index >= 15 is 0 Å². The molecule has 0 spiro atoms. The number of hydrogen-bond acceptors (Lipinski definition) is 6. The van der Waals surface area contributed by atoms with Crippen LogP contribution in [0.25, 0.3) is 0 Å². The van der Waals surface area contributed by atoms with E-state index in [2.05, 4.69) is 41.4 Å². The normalized spacial score (nSPS) is 16.3. The molecule has 2 aliphatic heterocycles. The van der Waals surface area contributed by atoms with Gasteiger partial charge in [-0.05, 0) is 75.6 Å². The molecule has 2 aromatic carbocycles. The lowest BCUT2D eigenvalue weighted by molar-refractivity contribution is 0.0951. The van der Waals surface area contributed by atoms with Gasteiger partial charge < -0.3 is 25.0 Å². The van der Waals surface area contributed by atoms with Gasteiger partial charge >= 0.3 is 0 Å². The minimum Gasteiger partial charge on any atom is -0.454 e. The average Bonchev–Trinajstić information content (AvgIpc) is 3.45. The van der Waals surface area contributed by atoms with Crippen molar-refractivity contribution in [3.8, 4) is 11.5 Å². The summed E-state index contributed by atoms with van der Waals surface area (Å²) in [7, 11) is 2.01. The molecule has 8 heteroatoms. The lowest BCUT2D eigenvalue weighted by Gasteiger charge is -2.35. The second-order valence-electron chi connectivity index (χ2n) is 9.77. The maximum atomic E-state index is 12.7. The molecular weight excluding hydrogens is 454 g/mol. The summed E-state index contributed by atoms with van der Waals surface area (Å²) in [5.74, 6) is 1.38. The molecule has 3 heterocycles. The van der Waals surface area contributed by atoms with Gasteiger partial charge in [-0.1, -0.05) is 6.07 Å². The van der Waals surface area contributed by atoms with E-state index in [0.717, 1.165) is 54.4 Å². The molecule has 190 valence electrons. The Kier molecular flexibility index (Phi) is 6.87. The molecule has 2 N–H and O–H groups in total. The number of carbonyl (C=O) groups excluding carboxylic acids is 1. The van der Waals surface area contributed by atoms with E-state index in [1.165, 1.54) is 11.3 Å². The van der Waals surface area contributed by atoms with Crippen molar-refractivity contribution in [3.63, 3.8) is 0 Å². The van der Waals surface area contributed by atoms with E-state index in [9.17, 15) is 4.79 Å². The highest BCUT2D eigenvalue weighted by molar-refractivity contribution is 5.94. The van der Waals surface area contributed by atoms with Gasteiger partial charge in [0, 0.05) is 61.3 Å². The van der Waals surface area contributed by atoms with Crippen LogP contribution < -0.4 is 25.0 Å². The molecule has 1 saturated heterocycles. The zero-order chi connectivity index (χ0) is 25.2. The van der Waals surface area contributed by atoms with Crippen molar-refractivity contribution in [2.24, 2.45) is 7.05 Å². The van der Waals surface area contributed by atoms with Crippen LogP contribution in [0.15, 0.2) is 42.5 Å². The molecule has 0 radical (unpaired) electrons. The Labute approximate surface area is 212 Å². The monoisotopic (exact) mass is 489 g/mol. The fourth-order valence-electron chi connectivity index (χ4n) is 5.32. The number of aromatic nitrogens is 2. The SMILES string of the molecule is Cc1nn(C)c(C)c1[C@@H](C)NC1CCN(c2ccc(C(=O)NCc3ccc4c(c3)OCO4)cc2)CC1. The van der Waals surface area contributed by atoms with E-state index in [1.807, 2.05) is 54.2 Å². The van der Waals surface area contributed by atoms with Gasteiger partial charge in [0.1, 0.15) is 0 Å². The quantitative estimate of drug-likeness (QED) is 0.522. The summed E-state index contributed by atoms with van der Waals surface area (Å²) >= 11 is 0. The number of nitrogens with zero attached hydrogens (tertiary/aromatic N) is 3.